The number of amides is 1. The van der Waals surface area contributed by atoms with Crippen molar-refractivity contribution in [2.75, 3.05) is 33.3 Å². The summed E-state index contributed by atoms with van der Waals surface area (Å²) in [6.45, 7) is 0.0612. The lowest BCUT2D eigenvalue weighted by atomic mass is 10.2. The molecular formula is C19H21N3O6S. The Kier molecular flexibility index (Phi) is 6.35. The molecule has 10 heteroatoms. The Morgan fingerprint density at radius 3 is 2.59 bits per heavy atom. The Morgan fingerprint density at radius 1 is 1.10 bits per heavy atom. The minimum absolute atomic E-state index is 0.107. The number of methoxy groups -OCH3 is 3. The maximum Gasteiger partial charge on any atom is 0.332 e. The normalized spacial score (nSPS) is 10.9. The lowest BCUT2D eigenvalue weighted by Crippen LogP contribution is -2.42. The molecule has 0 aliphatic heterocycles. The van der Waals surface area contributed by atoms with Crippen LogP contribution in [-0.2, 0) is 22.6 Å². The highest BCUT2D eigenvalue weighted by Gasteiger charge is 2.17. The Balaban J connectivity index is 1.94. The van der Waals surface area contributed by atoms with Gasteiger partial charge in [-0.05, 0) is 23.6 Å². The van der Waals surface area contributed by atoms with Gasteiger partial charge in [0, 0.05) is 13.2 Å². The van der Waals surface area contributed by atoms with E-state index in [1.807, 2.05) is 0 Å². The third-order valence-electron chi connectivity index (χ3n) is 4.34. The highest BCUT2D eigenvalue weighted by Crippen LogP contribution is 2.29. The number of carbonyl (C=O) groups is 1. The van der Waals surface area contributed by atoms with E-state index >= 15 is 0 Å². The van der Waals surface area contributed by atoms with Crippen LogP contribution in [-0.4, -0.2) is 43.0 Å². The van der Waals surface area contributed by atoms with E-state index in [9.17, 15) is 14.4 Å². The molecule has 0 radical (unpaired) electrons. The molecule has 1 N–H and O–H groups in total. The number of aromatic nitrogens is 2. The first-order valence-corrected chi connectivity index (χ1v) is 9.59. The van der Waals surface area contributed by atoms with Crippen LogP contribution in [0.2, 0.25) is 0 Å². The molecule has 0 bridgehead atoms. The van der Waals surface area contributed by atoms with E-state index < -0.39 is 11.6 Å². The fourth-order valence-electron chi connectivity index (χ4n) is 2.90. The number of ether oxygens (including phenoxy) is 3. The number of rotatable bonds is 8. The number of fused-ring (bicyclic) bond motifs is 1. The summed E-state index contributed by atoms with van der Waals surface area (Å²) >= 11 is 1.23. The minimum Gasteiger partial charge on any atom is -0.497 e. The van der Waals surface area contributed by atoms with Gasteiger partial charge in [0.15, 0.2) is 0 Å². The van der Waals surface area contributed by atoms with Crippen molar-refractivity contribution < 1.29 is 19.0 Å². The topological polar surface area (TPSA) is 101 Å². The van der Waals surface area contributed by atoms with Crippen molar-refractivity contribution in [3.05, 3.63) is 50.5 Å². The second kappa shape index (κ2) is 8.93. The molecule has 1 aromatic carbocycles. The molecule has 9 nitrogen and oxygen atoms in total. The van der Waals surface area contributed by atoms with Crippen molar-refractivity contribution >= 4 is 33.1 Å². The molecule has 29 heavy (non-hydrogen) atoms. The number of thiophene rings is 1. The molecule has 0 unspecified atom stereocenters. The molecule has 2 aromatic heterocycles. The summed E-state index contributed by atoms with van der Waals surface area (Å²) in [4.78, 5) is 38.1. The Bertz CT molecular complexity index is 1150. The van der Waals surface area contributed by atoms with Gasteiger partial charge in [-0.2, -0.15) is 0 Å². The van der Waals surface area contributed by atoms with E-state index in [-0.39, 0.29) is 25.3 Å². The van der Waals surface area contributed by atoms with Crippen molar-refractivity contribution in [3.8, 4) is 11.5 Å². The molecule has 0 atom stereocenters. The molecule has 1 amide bonds. The van der Waals surface area contributed by atoms with Crippen LogP contribution in [0.1, 0.15) is 0 Å². The second-order valence-electron chi connectivity index (χ2n) is 6.07. The lowest BCUT2D eigenvalue weighted by Gasteiger charge is -2.14. The summed E-state index contributed by atoms with van der Waals surface area (Å²) in [7, 11) is 4.50. The third kappa shape index (κ3) is 4.17. The van der Waals surface area contributed by atoms with Gasteiger partial charge in [-0.1, -0.05) is 0 Å². The fourth-order valence-corrected chi connectivity index (χ4v) is 3.74. The molecule has 0 aliphatic carbocycles. The quantitative estimate of drug-likeness (QED) is 0.594. The van der Waals surface area contributed by atoms with Gasteiger partial charge < -0.3 is 19.5 Å². The summed E-state index contributed by atoms with van der Waals surface area (Å²) in [5.41, 5.74) is -0.0727. The Hall–Kier alpha value is -3.11. The molecular weight excluding hydrogens is 398 g/mol. The van der Waals surface area contributed by atoms with Crippen LogP contribution < -0.4 is 26.0 Å². The largest absolute Gasteiger partial charge is 0.497 e. The van der Waals surface area contributed by atoms with Crippen LogP contribution in [0.15, 0.2) is 39.2 Å². The van der Waals surface area contributed by atoms with Gasteiger partial charge in [-0.3, -0.25) is 18.7 Å². The number of benzene rings is 1. The first kappa shape index (κ1) is 20.6. The average molecular weight is 419 g/mol. The SMILES string of the molecule is COCCn1c(=O)c2sccc2n(CC(=O)Nc2ccc(OC)cc2OC)c1=O. The zero-order valence-electron chi connectivity index (χ0n) is 16.3. The number of anilines is 1. The van der Waals surface area contributed by atoms with Crippen LogP contribution in [0, 0.1) is 0 Å². The highest BCUT2D eigenvalue weighted by atomic mass is 32.1. The van der Waals surface area contributed by atoms with Crippen molar-refractivity contribution in [2.45, 2.75) is 13.1 Å². The molecule has 3 aromatic rings. The van der Waals surface area contributed by atoms with Crippen LogP contribution in [0.25, 0.3) is 10.2 Å². The zero-order valence-corrected chi connectivity index (χ0v) is 17.1. The van der Waals surface area contributed by atoms with Gasteiger partial charge in [-0.25, -0.2) is 4.79 Å². The third-order valence-corrected chi connectivity index (χ3v) is 5.23. The van der Waals surface area contributed by atoms with E-state index in [4.69, 9.17) is 14.2 Å². The molecule has 0 saturated heterocycles. The standard InChI is InChI=1S/C19H21N3O6S/c1-26-8-7-21-18(24)17-14(6-9-29-17)22(19(21)25)11-16(23)20-13-5-4-12(27-2)10-15(13)28-3/h4-6,9-10H,7-8,11H2,1-3H3,(H,20,23). The van der Waals surface area contributed by atoms with Crippen molar-refractivity contribution in [3.63, 3.8) is 0 Å². The molecule has 154 valence electrons. The predicted octanol–water partition coefficient (Wildman–Crippen LogP) is 1.53. The molecule has 0 aliphatic rings. The summed E-state index contributed by atoms with van der Waals surface area (Å²) < 4.78 is 18.2. The number of nitrogens with zero attached hydrogens (tertiary/aromatic N) is 2. The average Bonchev–Trinajstić information content (AvgIpc) is 3.21. The fraction of sp³-hybridized carbons (Fsp3) is 0.316. The van der Waals surface area contributed by atoms with Gasteiger partial charge in [0.2, 0.25) is 5.91 Å². The summed E-state index contributed by atoms with van der Waals surface area (Å²) in [6.07, 6.45) is 0. The van der Waals surface area contributed by atoms with Gasteiger partial charge in [0.25, 0.3) is 5.56 Å². The Morgan fingerprint density at radius 2 is 1.90 bits per heavy atom. The van der Waals surface area contributed by atoms with Gasteiger partial charge in [0.1, 0.15) is 22.7 Å². The molecule has 0 fully saturated rings. The second-order valence-corrected chi connectivity index (χ2v) is 6.98. The summed E-state index contributed by atoms with van der Waals surface area (Å²) in [5.74, 6) is 0.581. The van der Waals surface area contributed by atoms with Gasteiger partial charge in [0.05, 0.1) is 38.6 Å². The van der Waals surface area contributed by atoms with E-state index in [1.54, 1.807) is 29.6 Å². The summed E-state index contributed by atoms with van der Waals surface area (Å²) in [6, 6.07) is 6.64. The zero-order chi connectivity index (χ0) is 21.0. The molecule has 2 heterocycles. The van der Waals surface area contributed by atoms with Crippen LogP contribution in [0.4, 0.5) is 5.69 Å². The van der Waals surface area contributed by atoms with Crippen molar-refractivity contribution in [1.29, 1.82) is 0 Å². The van der Waals surface area contributed by atoms with Crippen LogP contribution >= 0.6 is 11.3 Å². The number of nitrogens with one attached hydrogen (secondary N) is 1. The van der Waals surface area contributed by atoms with Crippen molar-refractivity contribution in [2.24, 2.45) is 0 Å². The summed E-state index contributed by atoms with van der Waals surface area (Å²) in [5, 5.41) is 4.45. The van der Waals surface area contributed by atoms with E-state index in [0.29, 0.717) is 27.4 Å². The number of hydrogen-bond acceptors (Lipinski definition) is 7. The number of carbonyl (C=O) groups excluding carboxylic acids is 1. The lowest BCUT2D eigenvalue weighted by molar-refractivity contribution is -0.116. The van der Waals surface area contributed by atoms with Crippen LogP contribution in [0.3, 0.4) is 0 Å². The molecule has 0 saturated carbocycles. The van der Waals surface area contributed by atoms with Gasteiger partial charge >= 0.3 is 5.69 Å². The maximum absolute atomic E-state index is 12.9. The number of hydrogen-bond donors (Lipinski definition) is 1. The maximum atomic E-state index is 12.9. The first-order valence-electron chi connectivity index (χ1n) is 8.71. The smallest absolute Gasteiger partial charge is 0.332 e. The van der Waals surface area contributed by atoms with E-state index in [1.165, 1.54) is 37.2 Å². The van der Waals surface area contributed by atoms with E-state index in [0.717, 1.165) is 4.57 Å². The minimum atomic E-state index is -0.560. The molecule has 3 rings (SSSR count). The van der Waals surface area contributed by atoms with Gasteiger partial charge in [-0.15, -0.1) is 11.3 Å². The van der Waals surface area contributed by atoms with Crippen LogP contribution in [0.5, 0.6) is 11.5 Å². The van der Waals surface area contributed by atoms with Crippen molar-refractivity contribution in [1.82, 2.24) is 9.13 Å². The first-order chi connectivity index (χ1) is 14.0. The predicted molar refractivity (Wildman–Crippen MR) is 110 cm³/mol. The molecule has 0 spiro atoms. The monoisotopic (exact) mass is 419 g/mol. The Labute approximate surface area is 170 Å². The highest BCUT2D eigenvalue weighted by molar-refractivity contribution is 7.17. The van der Waals surface area contributed by atoms with E-state index in [2.05, 4.69) is 5.32 Å².